The van der Waals surface area contributed by atoms with Gasteiger partial charge >= 0.3 is 0 Å². The minimum absolute atomic E-state index is 0.0557. The molecule has 2 heterocycles. The van der Waals surface area contributed by atoms with Crippen molar-refractivity contribution >= 4 is 11.6 Å². The van der Waals surface area contributed by atoms with Gasteiger partial charge in [-0.25, -0.2) is 0 Å². The Morgan fingerprint density at radius 1 is 1.24 bits per heavy atom. The summed E-state index contributed by atoms with van der Waals surface area (Å²) < 4.78 is 0. The summed E-state index contributed by atoms with van der Waals surface area (Å²) in [5.41, 5.74) is 7.77. The molecule has 0 atom stereocenters. The molecule has 118 valence electrons. The maximum atomic E-state index is 12.5. The van der Waals surface area contributed by atoms with Crippen LogP contribution in [0.5, 0.6) is 0 Å². The maximum absolute atomic E-state index is 12.5. The third kappa shape index (κ3) is 3.56. The van der Waals surface area contributed by atoms with E-state index < -0.39 is 0 Å². The van der Waals surface area contributed by atoms with Crippen molar-refractivity contribution in [1.29, 1.82) is 0 Å². The molecule has 0 aliphatic carbocycles. The lowest BCUT2D eigenvalue weighted by Gasteiger charge is -2.35. The lowest BCUT2D eigenvalue weighted by molar-refractivity contribution is 0.0619. The maximum Gasteiger partial charge on any atom is 0.276 e. The highest BCUT2D eigenvalue weighted by Gasteiger charge is 2.26. The molecule has 6 nitrogen and oxygen atoms in total. The van der Waals surface area contributed by atoms with Crippen molar-refractivity contribution in [1.82, 2.24) is 20.0 Å². The summed E-state index contributed by atoms with van der Waals surface area (Å²) in [7, 11) is 0. The standard InChI is InChI=1S/C15H27N5O/c1-10(2)9-19-5-7-20(8-6-19)15(21)14-12(16)13(11(3)4)17-18-14/h10-11H,5-9,16H2,1-4H3,(H,17,18). The summed E-state index contributed by atoms with van der Waals surface area (Å²) in [6.45, 7) is 12.9. The van der Waals surface area contributed by atoms with E-state index in [9.17, 15) is 4.79 Å². The van der Waals surface area contributed by atoms with Gasteiger partial charge in [-0.05, 0) is 11.8 Å². The molecule has 1 aromatic rings. The van der Waals surface area contributed by atoms with Crippen LogP contribution in [0.2, 0.25) is 0 Å². The molecule has 0 saturated carbocycles. The van der Waals surface area contributed by atoms with E-state index in [4.69, 9.17) is 5.73 Å². The molecule has 1 amide bonds. The Morgan fingerprint density at radius 3 is 2.33 bits per heavy atom. The van der Waals surface area contributed by atoms with Crippen molar-refractivity contribution in [3.63, 3.8) is 0 Å². The van der Waals surface area contributed by atoms with Crippen molar-refractivity contribution in [3.8, 4) is 0 Å². The summed E-state index contributed by atoms with van der Waals surface area (Å²) in [5.74, 6) is 0.838. The number of aromatic nitrogens is 2. The van der Waals surface area contributed by atoms with Gasteiger partial charge in [-0.1, -0.05) is 27.7 Å². The predicted octanol–water partition coefficient (Wildman–Crippen LogP) is 1.53. The number of H-pyrrole nitrogens is 1. The van der Waals surface area contributed by atoms with Crippen LogP contribution in [0.1, 0.15) is 49.8 Å². The van der Waals surface area contributed by atoms with Gasteiger partial charge in [0, 0.05) is 32.7 Å². The molecule has 6 heteroatoms. The number of hydrogen-bond donors (Lipinski definition) is 2. The SMILES string of the molecule is CC(C)CN1CCN(C(=O)c2n[nH]c(C(C)C)c2N)CC1. The molecule has 1 aromatic heterocycles. The van der Waals surface area contributed by atoms with E-state index in [1.807, 2.05) is 18.7 Å². The Hall–Kier alpha value is -1.56. The zero-order valence-electron chi connectivity index (χ0n) is 13.5. The molecule has 1 fully saturated rings. The third-order valence-electron chi connectivity index (χ3n) is 3.90. The number of piperazine rings is 1. The minimum Gasteiger partial charge on any atom is -0.395 e. The summed E-state index contributed by atoms with van der Waals surface area (Å²) in [4.78, 5) is 16.8. The molecule has 3 N–H and O–H groups in total. The number of nitrogens with one attached hydrogen (secondary N) is 1. The van der Waals surface area contributed by atoms with Gasteiger partial charge in [0.2, 0.25) is 0 Å². The molecular weight excluding hydrogens is 266 g/mol. The molecule has 2 rings (SSSR count). The Morgan fingerprint density at radius 2 is 1.86 bits per heavy atom. The Balaban J connectivity index is 1.99. The monoisotopic (exact) mass is 293 g/mol. The first kappa shape index (κ1) is 15.8. The van der Waals surface area contributed by atoms with E-state index >= 15 is 0 Å². The van der Waals surface area contributed by atoms with Gasteiger partial charge in [-0.15, -0.1) is 0 Å². The van der Waals surface area contributed by atoms with Crippen LogP contribution in [0.4, 0.5) is 5.69 Å². The highest BCUT2D eigenvalue weighted by atomic mass is 16.2. The van der Waals surface area contributed by atoms with E-state index in [0.29, 0.717) is 17.3 Å². The predicted molar refractivity (Wildman–Crippen MR) is 84.3 cm³/mol. The number of hydrogen-bond acceptors (Lipinski definition) is 4. The molecule has 0 aromatic carbocycles. The number of carbonyl (C=O) groups is 1. The number of nitrogens with two attached hydrogens (primary N) is 1. The van der Waals surface area contributed by atoms with Gasteiger partial charge in [0.15, 0.2) is 5.69 Å². The largest absolute Gasteiger partial charge is 0.395 e. The van der Waals surface area contributed by atoms with E-state index in [2.05, 4.69) is 28.9 Å². The van der Waals surface area contributed by atoms with Crippen LogP contribution in [-0.4, -0.2) is 58.6 Å². The number of anilines is 1. The summed E-state index contributed by atoms with van der Waals surface area (Å²) in [6.07, 6.45) is 0. The quantitative estimate of drug-likeness (QED) is 0.882. The van der Waals surface area contributed by atoms with Crippen LogP contribution in [0.15, 0.2) is 0 Å². The number of aromatic amines is 1. The van der Waals surface area contributed by atoms with Crippen LogP contribution in [-0.2, 0) is 0 Å². The topological polar surface area (TPSA) is 78.2 Å². The average molecular weight is 293 g/mol. The van der Waals surface area contributed by atoms with Crippen LogP contribution in [0.3, 0.4) is 0 Å². The van der Waals surface area contributed by atoms with Gasteiger partial charge in [-0.3, -0.25) is 14.8 Å². The second kappa shape index (κ2) is 6.47. The van der Waals surface area contributed by atoms with Crippen LogP contribution < -0.4 is 5.73 Å². The fourth-order valence-electron chi connectivity index (χ4n) is 2.77. The van der Waals surface area contributed by atoms with Crippen molar-refractivity contribution < 1.29 is 4.79 Å². The van der Waals surface area contributed by atoms with Crippen LogP contribution in [0.25, 0.3) is 0 Å². The summed E-state index contributed by atoms with van der Waals surface area (Å²) >= 11 is 0. The van der Waals surface area contributed by atoms with E-state index in [1.165, 1.54) is 0 Å². The second-order valence-electron chi connectivity index (χ2n) is 6.54. The third-order valence-corrected chi connectivity index (χ3v) is 3.90. The first-order valence-corrected chi connectivity index (χ1v) is 7.75. The van der Waals surface area contributed by atoms with E-state index in [1.54, 1.807) is 0 Å². The van der Waals surface area contributed by atoms with Gasteiger partial charge in [-0.2, -0.15) is 5.10 Å². The normalized spacial score (nSPS) is 17.0. The molecular formula is C15H27N5O. The van der Waals surface area contributed by atoms with Crippen LogP contribution >= 0.6 is 0 Å². The molecule has 21 heavy (non-hydrogen) atoms. The molecule has 1 aliphatic rings. The molecule has 1 saturated heterocycles. The molecule has 0 unspecified atom stereocenters. The lowest BCUT2D eigenvalue weighted by Crippen LogP contribution is -2.49. The van der Waals surface area contributed by atoms with Crippen molar-refractivity contribution in [2.24, 2.45) is 5.92 Å². The van der Waals surface area contributed by atoms with Gasteiger partial charge in [0.1, 0.15) is 0 Å². The summed E-state index contributed by atoms with van der Waals surface area (Å²) in [6, 6.07) is 0. The molecule has 0 bridgehead atoms. The molecule has 1 aliphatic heterocycles. The van der Waals surface area contributed by atoms with Crippen LogP contribution in [0, 0.1) is 5.92 Å². The Labute approximate surface area is 126 Å². The van der Waals surface area contributed by atoms with Crippen molar-refractivity contribution in [3.05, 3.63) is 11.4 Å². The first-order chi connectivity index (χ1) is 9.90. The number of carbonyl (C=O) groups excluding carboxylic acids is 1. The van der Waals surface area contributed by atoms with Gasteiger partial charge < -0.3 is 10.6 Å². The average Bonchev–Trinajstić information content (AvgIpc) is 2.80. The zero-order valence-corrected chi connectivity index (χ0v) is 13.5. The fourth-order valence-corrected chi connectivity index (χ4v) is 2.77. The lowest BCUT2D eigenvalue weighted by atomic mass is 10.1. The van der Waals surface area contributed by atoms with E-state index in [-0.39, 0.29) is 11.8 Å². The number of rotatable bonds is 4. The molecule has 0 radical (unpaired) electrons. The molecule has 0 spiro atoms. The second-order valence-corrected chi connectivity index (χ2v) is 6.54. The van der Waals surface area contributed by atoms with Crippen molar-refractivity contribution in [2.75, 3.05) is 38.5 Å². The fraction of sp³-hybridized carbons (Fsp3) is 0.733. The number of amides is 1. The van der Waals surface area contributed by atoms with Gasteiger partial charge in [0.05, 0.1) is 11.4 Å². The summed E-state index contributed by atoms with van der Waals surface area (Å²) in [5, 5.41) is 7.02. The zero-order chi connectivity index (χ0) is 15.6. The number of nitrogens with zero attached hydrogens (tertiary/aromatic N) is 3. The van der Waals surface area contributed by atoms with Crippen molar-refractivity contribution in [2.45, 2.75) is 33.6 Å². The Kier molecular flexibility index (Phi) is 4.88. The number of nitrogen functional groups attached to an aromatic ring is 1. The Bertz CT molecular complexity index is 486. The van der Waals surface area contributed by atoms with E-state index in [0.717, 1.165) is 38.4 Å². The highest BCUT2D eigenvalue weighted by molar-refractivity contribution is 5.97. The van der Waals surface area contributed by atoms with Gasteiger partial charge in [0.25, 0.3) is 5.91 Å². The smallest absolute Gasteiger partial charge is 0.276 e. The minimum atomic E-state index is -0.0557. The first-order valence-electron chi connectivity index (χ1n) is 7.75. The highest BCUT2D eigenvalue weighted by Crippen LogP contribution is 2.23.